The molecule has 8 heteroatoms. The van der Waals surface area contributed by atoms with E-state index in [0.717, 1.165) is 29.8 Å². The summed E-state index contributed by atoms with van der Waals surface area (Å²) in [6, 6.07) is 3.44. The van der Waals surface area contributed by atoms with Crippen molar-refractivity contribution in [2.75, 3.05) is 13.2 Å². The van der Waals surface area contributed by atoms with E-state index < -0.39 is 0 Å². The van der Waals surface area contributed by atoms with E-state index in [-0.39, 0.29) is 18.6 Å². The van der Waals surface area contributed by atoms with Gasteiger partial charge < -0.3 is 14.2 Å². The van der Waals surface area contributed by atoms with Crippen LogP contribution in [0.1, 0.15) is 36.0 Å². The molecule has 1 aliphatic heterocycles. The molecule has 1 aliphatic rings. The monoisotopic (exact) mass is 379 g/mol. The number of rotatable bonds is 5. The smallest absolute Gasteiger partial charge is 0.261 e. The molecule has 3 aromatic rings. The van der Waals surface area contributed by atoms with Gasteiger partial charge in [0.25, 0.3) is 5.91 Å². The van der Waals surface area contributed by atoms with Gasteiger partial charge in [-0.2, -0.15) is 0 Å². The molecule has 4 rings (SSSR count). The minimum Gasteiger partial charge on any atom is -0.482 e. The first kappa shape index (κ1) is 18.1. The van der Waals surface area contributed by atoms with Gasteiger partial charge in [0.15, 0.2) is 6.61 Å². The Balaban J connectivity index is 1.52. The van der Waals surface area contributed by atoms with Crippen LogP contribution in [-0.2, 0) is 4.79 Å². The van der Waals surface area contributed by atoms with Crippen LogP contribution in [0, 0.1) is 13.8 Å². The molecule has 1 amide bonds. The third-order valence-corrected chi connectivity index (χ3v) is 4.85. The number of aromatic nitrogens is 4. The summed E-state index contributed by atoms with van der Waals surface area (Å²) in [5.41, 5.74) is 3.10. The summed E-state index contributed by atoms with van der Waals surface area (Å²) >= 11 is 0. The van der Waals surface area contributed by atoms with Crippen molar-refractivity contribution in [3.8, 4) is 17.0 Å². The first-order valence-corrected chi connectivity index (χ1v) is 9.21. The minimum absolute atomic E-state index is 0.0286. The molecule has 0 unspecified atom stereocenters. The van der Waals surface area contributed by atoms with Crippen LogP contribution in [-0.4, -0.2) is 44.1 Å². The first-order valence-electron chi connectivity index (χ1n) is 9.21. The average molecular weight is 379 g/mol. The third-order valence-electron chi connectivity index (χ3n) is 4.85. The first-order chi connectivity index (χ1) is 13.6. The Morgan fingerprint density at radius 1 is 1.29 bits per heavy atom. The highest BCUT2D eigenvalue weighted by Gasteiger charge is 2.31. The molecule has 144 valence electrons. The number of aryl methyl sites for hydroxylation is 2. The quantitative estimate of drug-likeness (QED) is 0.673. The molecule has 1 fully saturated rings. The molecule has 0 bridgehead atoms. The predicted octanol–water partition coefficient (Wildman–Crippen LogP) is 2.89. The fraction of sp³-hybridized carbons (Fsp3) is 0.350. The number of carbonyl (C=O) groups is 1. The summed E-state index contributed by atoms with van der Waals surface area (Å²) in [6.07, 6.45) is 8.44. The molecule has 0 saturated carbocycles. The molecule has 0 aliphatic carbocycles. The van der Waals surface area contributed by atoms with Crippen molar-refractivity contribution in [1.29, 1.82) is 0 Å². The standard InChI is InChI=1S/C20H21N5O3/c1-13-20(14(2)28-24-13)17-11-22-10-16(23-17)18-6-4-8-25(18)19(26)12-27-15-5-3-7-21-9-15/h3,5,7,9-11,18H,4,6,8,12H2,1-2H3/t18-/m1/s1. The van der Waals surface area contributed by atoms with Crippen LogP contribution in [0.25, 0.3) is 11.3 Å². The van der Waals surface area contributed by atoms with Crippen molar-refractivity contribution in [2.24, 2.45) is 0 Å². The molecule has 8 nitrogen and oxygen atoms in total. The van der Waals surface area contributed by atoms with E-state index in [9.17, 15) is 4.79 Å². The van der Waals surface area contributed by atoms with Crippen LogP contribution in [0.5, 0.6) is 5.75 Å². The van der Waals surface area contributed by atoms with Crippen molar-refractivity contribution in [2.45, 2.75) is 32.7 Å². The highest BCUT2D eigenvalue weighted by atomic mass is 16.5. The maximum absolute atomic E-state index is 12.7. The van der Waals surface area contributed by atoms with Crippen LogP contribution in [0.15, 0.2) is 41.4 Å². The Labute approximate surface area is 162 Å². The number of nitrogens with zero attached hydrogens (tertiary/aromatic N) is 5. The minimum atomic E-state index is -0.113. The van der Waals surface area contributed by atoms with Gasteiger partial charge in [0.1, 0.15) is 11.5 Å². The molecule has 28 heavy (non-hydrogen) atoms. The summed E-state index contributed by atoms with van der Waals surface area (Å²) in [5.74, 6) is 1.20. The Morgan fingerprint density at radius 3 is 2.93 bits per heavy atom. The second-order valence-electron chi connectivity index (χ2n) is 6.75. The number of hydrogen-bond acceptors (Lipinski definition) is 7. The Hall–Kier alpha value is -3.29. The van der Waals surface area contributed by atoms with Crippen LogP contribution in [0.3, 0.4) is 0 Å². The summed E-state index contributed by atoms with van der Waals surface area (Å²) in [5, 5.41) is 3.99. The predicted molar refractivity (Wildman–Crippen MR) is 100 cm³/mol. The fourth-order valence-corrected chi connectivity index (χ4v) is 3.54. The van der Waals surface area contributed by atoms with Crippen molar-refractivity contribution in [3.63, 3.8) is 0 Å². The number of hydrogen-bond donors (Lipinski definition) is 0. The van der Waals surface area contributed by atoms with Crippen LogP contribution < -0.4 is 4.74 Å². The second-order valence-corrected chi connectivity index (χ2v) is 6.75. The topological polar surface area (TPSA) is 94.2 Å². The zero-order valence-corrected chi connectivity index (χ0v) is 15.8. The van der Waals surface area contributed by atoms with Crippen molar-refractivity contribution in [1.82, 2.24) is 25.0 Å². The molecular formula is C20H21N5O3. The van der Waals surface area contributed by atoms with Crippen LogP contribution >= 0.6 is 0 Å². The van der Waals surface area contributed by atoms with Gasteiger partial charge in [0.05, 0.1) is 47.3 Å². The van der Waals surface area contributed by atoms with Crippen molar-refractivity contribution < 1.29 is 14.1 Å². The van der Waals surface area contributed by atoms with E-state index in [1.54, 1.807) is 36.9 Å². The molecule has 0 aromatic carbocycles. The van der Waals surface area contributed by atoms with Gasteiger partial charge in [-0.25, -0.2) is 4.98 Å². The van der Waals surface area contributed by atoms with Gasteiger partial charge in [-0.05, 0) is 38.8 Å². The van der Waals surface area contributed by atoms with E-state index in [0.29, 0.717) is 23.7 Å². The number of pyridine rings is 1. The molecule has 1 saturated heterocycles. The third kappa shape index (κ3) is 3.58. The normalized spacial score (nSPS) is 16.4. The van der Waals surface area contributed by atoms with Crippen LogP contribution in [0.2, 0.25) is 0 Å². The summed E-state index contributed by atoms with van der Waals surface area (Å²) in [6.45, 7) is 4.38. The summed E-state index contributed by atoms with van der Waals surface area (Å²) in [4.78, 5) is 27.6. The number of ether oxygens (including phenoxy) is 1. The summed E-state index contributed by atoms with van der Waals surface area (Å²) in [7, 11) is 0. The van der Waals surface area contributed by atoms with Gasteiger partial charge in [0, 0.05) is 12.7 Å². The Morgan fingerprint density at radius 2 is 2.18 bits per heavy atom. The van der Waals surface area contributed by atoms with Crippen molar-refractivity contribution in [3.05, 3.63) is 54.1 Å². The highest BCUT2D eigenvalue weighted by Crippen LogP contribution is 2.32. The van der Waals surface area contributed by atoms with Gasteiger partial charge in [-0.15, -0.1) is 0 Å². The van der Waals surface area contributed by atoms with E-state index >= 15 is 0 Å². The zero-order chi connectivity index (χ0) is 19.5. The van der Waals surface area contributed by atoms with Gasteiger partial charge in [-0.1, -0.05) is 5.16 Å². The van der Waals surface area contributed by atoms with Crippen molar-refractivity contribution >= 4 is 5.91 Å². The van der Waals surface area contributed by atoms with Gasteiger partial charge in [0.2, 0.25) is 0 Å². The molecule has 0 spiro atoms. The van der Waals surface area contributed by atoms with E-state index in [1.807, 2.05) is 18.7 Å². The average Bonchev–Trinajstić information content (AvgIpc) is 3.34. The maximum atomic E-state index is 12.7. The molecule has 3 aromatic heterocycles. The second kappa shape index (κ2) is 7.75. The highest BCUT2D eigenvalue weighted by molar-refractivity contribution is 5.78. The summed E-state index contributed by atoms with van der Waals surface area (Å²) < 4.78 is 10.8. The molecule has 0 N–H and O–H groups in total. The fourth-order valence-electron chi connectivity index (χ4n) is 3.54. The lowest BCUT2D eigenvalue weighted by Crippen LogP contribution is -2.34. The maximum Gasteiger partial charge on any atom is 0.261 e. The lowest BCUT2D eigenvalue weighted by molar-refractivity contribution is -0.134. The lowest BCUT2D eigenvalue weighted by atomic mass is 10.1. The zero-order valence-electron chi connectivity index (χ0n) is 15.8. The Kier molecular flexibility index (Phi) is 5.01. The van der Waals surface area contributed by atoms with Gasteiger partial charge in [-0.3, -0.25) is 14.8 Å². The van der Waals surface area contributed by atoms with E-state index in [1.165, 1.54) is 0 Å². The molecular weight excluding hydrogens is 358 g/mol. The SMILES string of the molecule is Cc1noc(C)c1-c1cncc([C@H]2CCCN2C(=O)COc2cccnc2)n1. The Bertz CT molecular complexity index is 953. The molecule has 0 radical (unpaired) electrons. The lowest BCUT2D eigenvalue weighted by Gasteiger charge is -2.24. The van der Waals surface area contributed by atoms with E-state index in [4.69, 9.17) is 14.2 Å². The van der Waals surface area contributed by atoms with Gasteiger partial charge >= 0.3 is 0 Å². The van der Waals surface area contributed by atoms with E-state index in [2.05, 4.69) is 15.1 Å². The number of amides is 1. The number of likely N-dealkylation sites (tertiary alicyclic amines) is 1. The van der Waals surface area contributed by atoms with Crippen LogP contribution in [0.4, 0.5) is 0 Å². The molecule has 1 atom stereocenters. The molecule has 4 heterocycles. The number of carbonyl (C=O) groups excluding carboxylic acids is 1. The largest absolute Gasteiger partial charge is 0.482 e.